The third-order valence-electron chi connectivity index (χ3n) is 8.32. The predicted octanol–water partition coefficient (Wildman–Crippen LogP) is 6.37. The highest BCUT2D eigenvalue weighted by atomic mass is 32.2. The normalized spacial score (nSPS) is 28.1. The molecule has 4 saturated carbocycles. The maximum absolute atomic E-state index is 5.52. The summed E-state index contributed by atoms with van der Waals surface area (Å²) in [5.41, 5.74) is 2.57. The zero-order valence-corrected chi connectivity index (χ0v) is 21.5. The van der Waals surface area contributed by atoms with Gasteiger partial charge in [-0.15, -0.1) is 28.1 Å². The first kappa shape index (κ1) is 21.9. The summed E-state index contributed by atoms with van der Waals surface area (Å²) in [5, 5.41) is 13.4. The summed E-state index contributed by atoms with van der Waals surface area (Å²) >= 11 is 3.38. The summed E-state index contributed by atoms with van der Waals surface area (Å²) < 4.78 is 13.2. The van der Waals surface area contributed by atoms with Crippen LogP contribution in [-0.4, -0.2) is 26.5 Å². The minimum absolute atomic E-state index is 0.286. The van der Waals surface area contributed by atoms with Gasteiger partial charge in [0.15, 0.2) is 16.7 Å². The molecule has 0 spiro atoms. The standard InChI is InChI=1S/C27H30N4O2S2/c1-2-5-31-24(13-27-10-17-6-18(11-27)8-19(7-17)12-27)29-30-26(31)35-15-21-14-34-25(28-21)20-3-4-22-23(9-20)33-16-32-22/h2-4,9,14,17-19H,1,5-8,10-13,15-16H2. The van der Waals surface area contributed by atoms with Gasteiger partial charge in [0.25, 0.3) is 0 Å². The van der Waals surface area contributed by atoms with Crippen molar-refractivity contribution in [2.75, 3.05) is 6.79 Å². The fraction of sp³-hybridized carbons (Fsp3) is 0.519. The molecule has 0 saturated heterocycles. The van der Waals surface area contributed by atoms with Crippen LogP contribution in [0.1, 0.15) is 50.0 Å². The monoisotopic (exact) mass is 506 g/mol. The largest absolute Gasteiger partial charge is 0.454 e. The van der Waals surface area contributed by atoms with E-state index in [0.717, 1.165) is 75.2 Å². The smallest absolute Gasteiger partial charge is 0.231 e. The van der Waals surface area contributed by atoms with Crippen molar-refractivity contribution in [3.8, 4) is 22.1 Å². The van der Waals surface area contributed by atoms with Crippen molar-refractivity contribution in [3.63, 3.8) is 0 Å². The number of ether oxygens (including phenoxy) is 2. The van der Waals surface area contributed by atoms with Crippen LogP contribution in [0.2, 0.25) is 0 Å². The molecule has 2 aromatic heterocycles. The van der Waals surface area contributed by atoms with Crippen molar-refractivity contribution in [3.05, 3.63) is 47.8 Å². The van der Waals surface area contributed by atoms with Crippen molar-refractivity contribution in [1.82, 2.24) is 19.7 Å². The number of hydrogen-bond donors (Lipinski definition) is 0. The van der Waals surface area contributed by atoms with E-state index in [2.05, 4.69) is 21.6 Å². The molecule has 3 aromatic rings. The third-order valence-corrected chi connectivity index (χ3v) is 10.3. The highest BCUT2D eigenvalue weighted by molar-refractivity contribution is 7.98. The van der Waals surface area contributed by atoms with Gasteiger partial charge >= 0.3 is 0 Å². The van der Waals surface area contributed by atoms with Crippen LogP contribution in [0.3, 0.4) is 0 Å². The Hall–Kier alpha value is -2.32. The van der Waals surface area contributed by atoms with Crippen LogP contribution in [-0.2, 0) is 18.7 Å². The second-order valence-electron chi connectivity index (χ2n) is 10.9. The van der Waals surface area contributed by atoms with Crippen molar-refractivity contribution in [2.45, 2.75) is 62.4 Å². The number of hydrogen-bond acceptors (Lipinski definition) is 7. The first-order valence-electron chi connectivity index (χ1n) is 12.7. The van der Waals surface area contributed by atoms with Crippen LogP contribution in [0.4, 0.5) is 0 Å². The van der Waals surface area contributed by atoms with Gasteiger partial charge in [-0.05, 0) is 79.9 Å². The first-order chi connectivity index (χ1) is 17.2. The summed E-state index contributed by atoms with van der Waals surface area (Å²) in [7, 11) is 0. The van der Waals surface area contributed by atoms with Crippen LogP contribution in [0.25, 0.3) is 10.6 Å². The Bertz CT molecular complexity index is 1230. The van der Waals surface area contributed by atoms with Gasteiger partial charge in [0.05, 0.1) is 5.69 Å². The van der Waals surface area contributed by atoms with E-state index in [4.69, 9.17) is 19.6 Å². The molecular formula is C27H30N4O2S2. The van der Waals surface area contributed by atoms with E-state index in [-0.39, 0.29) is 6.79 Å². The molecule has 1 aliphatic heterocycles. The summed E-state index contributed by atoms with van der Waals surface area (Å²) in [4.78, 5) is 4.87. The molecule has 0 N–H and O–H groups in total. The number of thioether (sulfide) groups is 1. The van der Waals surface area contributed by atoms with E-state index in [1.165, 1.54) is 38.5 Å². The van der Waals surface area contributed by atoms with Gasteiger partial charge < -0.3 is 14.0 Å². The Morgan fingerprint density at radius 1 is 1.09 bits per heavy atom. The van der Waals surface area contributed by atoms with Gasteiger partial charge in [-0.3, -0.25) is 0 Å². The Labute approximate surface area is 214 Å². The molecule has 4 aliphatic carbocycles. The van der Waals surface area contributed by atoms with Crippen LogP contribution in [0.5, 0.6) is 11.5 Å². The number of aromatic nitrogens is 4. The van der Waals surface area contributed by atoms with Crippen LogP contribution < -0.4 is 9.47 Å². The quantitative estimate of drug-likeness (QED) is 0.261. The van der Waals surface area contributed by atoms with E-state index in [9.17, 15) is 0 Å². The van der Waals surface area contributed by atoms with Gasteiger partial charge in [-0.2, -0.15) is 0 Å². The van der Waals surface area contributed by atoms with Gasteiger partial charge in [0, 0.05) is 29.7 Å². The molecule has 0 amide bonds. The van der Waals surface area contributed by atoms with E-state index < -0.39 is 0 Å². The second-order valence-corrected chi connectivity index (χ2v) is 12.7. The zero-order valence-electron chi connectivity index (χ0n) is 19.8. The summed E-state index contributed by atoms with van der Waals surface area (Å²) in [6.45, 7) is 5.06. The van der Waals surface area contributed by atoms with Crippen molar-refractivity contribution < 1.29 is 9.47 Å². The van der Waals surface area contributed by atoms with Gasteiger partial charge in [0.2, 0.25) is 6.79 Å². The minimum Gasteiger partial charge on any atom is -0.454 e. The van der Waals surface area contributed by atoms with Crippen molar-refractivity contribution in [1.29, 1.82) is 0 Å². The number of nitrogens with zero attached hydrogens (tertiary/aromatic N) is 4. The van der Waals surface area contributed by atoms with Gasteiger partial charge in [0.1, 0.15) is 10.8 Å². The summed E-state index contributed by atoms with van der Waals surface area (Å²) in [6, 6.07) is 6.01. The summed E-state index contributed by atoms with van der Waals surface area (Å²) in [5.74, 6) is 6.37. The Morgan fingerprint density at radius 3 is 2.63 bits per heavy atom. The fourth-order valence-corrected chi connectivity index (χ4v) is 9.17. The lowest BCUT2D eigenvalue weighted by atomic mass is 9.49. The molecule has 8 rings (SSSR count). The molecule has 0 atom stereocenters. The van der Waals surface area contributed by atoms with Gasteiger partial charge in [-0.25, -0.2) is 4.98 Å². The number of fused-ring (bicyclic) bond motifs is 1. The van der Waals surface area contributed by atoms with Gasteiger partial charge in [-0.1, -0.05) is 17.8 Å². The average Bonchev–Trinajstić information content (AvgIpc) is 3.57. The Kier molecular flexibility index (Phi) is 5.42. The molecule has 1 aromatic carbocycles. The van der Waals surface area contributed by atoms with E-state index >= 15 is 0 Å². The lowest BCUT2D eigenvalue weighted by molar-refractivity contribution is -0.0535. The molecule has 0 radical (unpaired) electrons. The SMILES string of the molecule is C=CCn1c(CC23CC4CC(CC(C4)C2)C3)nnc1SCc1csc(-c2ccc3c(c2)OCO3)n1. The molecule has 3 heterocycles. The lowest BCUT2D eigenvalue weighted by Gasteiger charge is -2.56. The molecular weight excluding hydrogens is 476 g/mol. The minimum atomic E-state index is 0.286. The van der Waals surface area contributed by atoms with Crippen LogP contribution in [0.15, 0.2) is 41.4 Å². The zero-order chi connectivity index (χ0) is 23.4. The fourth-order valence-electron chi connectivity index (χ4n) is 7.38. The van der Waals surface area contributed by atoms with Crippen molar-refractivity contribution in [2.24, 2.45) is 23.2 Å². The summed E-state index contributed by atoms with van der Waals surface area (Å²) in [6.07, 6.45) is 11.6. The Morgan fingerprint density at radius 2 is 1.86 bits per heavy atom. The van der Waals surface area contributed by atoms with Crippen molar-refractivity contribution >= 4 is 23.1 Å². The van der Waals surface area contributed by atoms with E-state index in [1.54, 1.807) is 23.1 Å². The molecule has 35 heavy (non-hydrogen) atoms. The molecule has 5 aliphatic rings. The number of benzene rings is 1. The molecule has 8 heteroatoms. The number of thiazole rings is 1. The Balaban J connectivity index is 1.06. The second kappa shape index (κ2) is 8.66. The van der Waals surface area contributed by atoms with Crippen LogP contribution >= 0.6 is 23.1 Å². The average molecular weight is 507 g/mol. The lowest BCUT2D eigenvalue weighted by Crippen LogP contribution is -2.47. The molecule has 182 valence electrons. The van der Waals surface area contributed by atoms with E-state index in [1.807, 2.05) is 24.3 Å². The molecule has 4 bridgehead atoms. The van der Waals surface area contributed by atoms with Crippen LogP contribution in [0, 0.1) is 23.2 Å². The predicted molar refractivity (Wildman–Crippen MR) is 138 cm³/mol. The topological polar surface area (TPSA) is 62.1 Å². The first-order valence-corrected chi connectivity index (χ1v) is 14.5. The maximum atomic E-state index is 5.52. The molecule has 0 unspecified atom stereocenters. The highest BCUT2D eigenvalue weighted by Crippen LogP contribution is 2.61. The molecule has 4 fully saturated rings. The number of allylic oxidation sites excluding steroid dienone is 1. The van der Waals surface area contributed by atoms with E-state index in [0.29, 0.717) is 5.41 Å². The maximum Gasteiger partial charge on any atom is 0.231 e. The highest BCUT2D eigenvalue weighted by Gasteiger charge is 2.51. The third kappa shape index (κ3) is 4.08. The number of rotatable bonds is 8. The molecule has 6 nitrogen and oxygen atoms in total.